The molecule has 29 heavy (non-hydrogen) atoms. The van der Waals surface area contributed by atoms with Crippen LogP contribution in [0.5, 0.6) is 0 Å². The van der Waals surface area contributed by atoms with Gasteiger partial charge in [0.15, 0.2) is 0 Å². The second-order valence-corrected chi connectivity index (χ2v) is 6.75. The number of halogens is 1. The van der Waals surface area contributed by atoms with Gasteiger partial charge in [-0.25, -0.2) is 4.98 Å². The summed E-state index contributed by atoms with van der Waals surface area (Å²) in [4.78, 5) is 9.34. The molecule has 2 aromatic carbocycles. The fourth-order valence-electron chi connectivity index (χ4n) is 3.48. The number of pyridine rings is 2. The number of hydrogen-bond acceptors (Lipinski definition) is 2. The van der Waals surface area contributed by atoms with Gasteiger partial charge in [0.05, 0.1) is 11.4 Å². The van der Waals surface area contributed by atoms with Crippen molar-refractivity contribution >= 4 is 28.0 Å². The Kier molecular flexibility index (Phi) is 5.59. The van der Waals surface area contributed by atoms with E-state index in [4.69, 9.17) is 16.6 Å². The highest BCUT2D eigenvalue weighted by atomic mass is 35.5. The molecule has 0 radical (unpaired) electrons. The van der Waals surface area contributed by atoms with Crippen molar-refractivity contribution in [2.24, 2.45) is 0 Å². The molecule has 144 valence electrons. The molecule has 5 rings (SSSR count). The number of fused-ring (bicyclic) bond motifs is 3. The minimum absolute atomic E-state index is 0.507. The lowest BCUT2D eigenvalue weighted by Crippen LogP contribution is -1.90. The van der Waals surface area contributed by atoms with E-state index in [9.17, 15) is 0 Å². The zero-order valence-electron chi connectivity index (χ0n) is 16.5. The molecule has 3 aromatic heterocycles. The summed E-state index contributed by atoms with van der Waals surface area (Å²) in [5, 5.41) is 2.17. The summed E-state index contributed by atoms with van der Waals surface area (Å²) in [7, 11) is 0. The van der Waals surface area contributed by atoms with Gasteiger partial charge in [0.1, 0.15) is 5.65 Å². The molecule has 0 N–H and O–H groups in total. The molecule has 0 saturated heterocycles. The smallest absolute Gasteiger partial charge is 0.147 e. The van der Waals surface area contributed by atoms with E-state index in [0.717, 1.165) is 44.5 Å². The van der Waals surface area contributed by atoms with Crippen molar-refractivity contribution in [1.29, 1.82) is 0 Å². The highest BCUT2D eigenvalue weighted by Gasteiger charge is 2.17. The lowest BCUT2D eigenvalue weighted by molar-refractivity contribution is 1.20. The fourth-order valence-corrected chi connectivity index (χ4v) is 3.66. The molecule has 0 atom stereocenters. The lowest BCUT2D eigenvalue weighted by Gasteiger charge is -2.07. The number of imidazole rings is 1. The van der Waals surface area contributed by atoms with E-state index in [1.807, 2.05) is 38.4 Å². The summed E-state index contributed by atoms with van der Waals surface area (Å²) in [6, 6.07) is 22.8. The van der Waals surface area contributed by atoms with Crippen LogP contribution in [0, 0.1) is 0 Å². The van der Waals surface area contributed by atoms with Crippen molar-refractivity contribution in [2.75, 3.05) is 0 Å². The van der Waals surface area contributed by atoms with E-state index in [-0.39, 0.29) is 0 Å². The van der Waals surface area contributed by atoms with Crippen LogP contribution in [0.2, 0.25) is 0 Å². The maximum absolute atomic E-state index is 5.96. The predicted octanol–water partition coefficient (Wildman–Crippen LogP) is 6.98. The van der Waals surface area contributed by atoms with E-state index in [1.54, 1.807) is 0 Å². The molecule has 0 aliphatic rings. The zero-order chi connectivity index (χ0) is 20.2. The Hall–Kier alpha value is -3.17. The first-order valence-corrected chi connectivity index (χ1v) is 10.3. The number of benzene rings is 2. The molecule has 3 nitrogen and oxygen atoms in total. The third-order valence-electron chi connectivity index (χ3n) is 4.84. The summed E-state index contributed by atoms with van der Waals surface area (Å²) in [5.41, 5.74) is 6.25. The van der Waals surface area contributed by atoms with Crippen molar-refractivity contribution in [3.05, 3.63) is 90.9 Å². The van der Waals surface area contributed by atoms with Gasteiger partial charge >= 0.3 is 0 Å². The van der Waals surface area contributed by atoms with E-state index in [0.29, 0.717) is 5.88 Å². The third-order valence-corrected chi connectivity index (χ3v) is 5.15. The molecule has 0 saturated carbocycles. The highest BCUT2D eigenvalue weighted by molar-refractivity contribution is 6.17. The van der Waals surface area contributed by atoms with Gasteiger partial charge in [-0.1, -0.05) is 68.4 Å². The van der Waals surface area contributed by atoms with Crippen LogP contribution in [-0.2, 0) is 5.88 Å². The summed E-state index contributed by atoms with van der Waals surface area (Å²) >= 11 is 5.96. The SMILES string of the molecule is CC.ClCc1ccc(-c2nc3c4cnccc4ccn3c2-c2ccccc2)cc1. The summed E-state index contributed by atoms with van der Waals surface area (Å²) in [6.07, 6.45) is 5.78. The monoisotopic (exact) mass is 399 g/mol. The number of rotatable bonds is 3. The van der Waals surface area contributed by atoms with Gasteiger partial charge in [0, 0.05) is 41.0 Å². The van der Waals surface area contributed by atoms with Crippen LogP contribution in [0.15, 0.2) is 85.3 Å². The van der Waals surface area contributed by atoms with E-state index in [1.165, 1.54) is 0 Å². The molecule has 0 fully saturated rings. The quantitative estimate of drug-likeness (QED) is 0.306. The van der Waals surface area contributed by atoms with E-state index in [2.05, 4.69) is 70.2 Å². The molecule has 5 aromatic rings. The second kappa shape index (κ2) is 8.46. The molecule has 3 heterocycles. The molecule has 0 aliphatic carbocycles. The Morgan fingerprint density at radius 1 is 0.862 bits per heavy atom. The Bertz CT molecular complexity index is 1240. The average molecular weight is 400 g/mol. The standard InChI is InChI=1S/C23H16ClN3.C2H6/c24-14-16-6-8-18(9-7-16)21-22(19-4-2-1-3-5-19)27-13-11-17-10-12-25-15-20(17)23(27)26-21;1-2/h1-13,15H,14H2;1-2H3. The molecule has 0 unspecified atom stereocenters. The van der Waals surface area contributed by atoms with Crippen LogP contribution in [-0.4, -0.2) is 14.4 Å². The van der Waals surface area contributed by atoms with E-state index >= 15 is 0 Å². The van der Waals surface area contributed by atoms with Crippen LogP contribution in [0.4, 0.5) is 0 Å². The van der Waals surface area contributed by atoms with Gasteiger partial charge in [0.2, 0.25) is 0 Å². The Morgan fingerprint density at radius 3 is 2.34 bits per heavy atom. The number of aromatic nitrogens is 3. The largest absolute Gasteiger partial charge is 0.298 e. The second-order valence-electron chi connectivity index (χ2n) is 6.48. The molecule has 0 aliphatic heterocycles. The predicted molar refractivity (Wildman–Crippen MR) is 122 cm³/mol. The first-order valence-electron chi connectivity index (χ1n) is 9.80. The first kappa shape index (κ1) is 19.2. The van der Waals surface area contributed by atoms with Crippen molar-refractivity contribution < 1.29 is 0 Å². The number of hydrogen-bond donors (Lipinski definition) is 0. The van der Waals surface area contributed by atoms with Crippen molar-refractivity contribution in [2.45, 2.75) is 19.7 Å². The van der Waals surface area contributed by atoms with Crippen LogP contribution in [0.1, 0.15) is 19.4 Å². The summed E-state index contributed by atoms with van der Waals surface area (Å²) in [5.74, 6) is 0.507. The van der Waals surface area contributed by atoms with Crippen molar-refractivity contribution in [3.63, 3.8) is 0 Å². The topological polar surface area (TPSA) is 30.2 Å². The summed E-state index contributed by atoms with van der Waals surface area (Å²) < 4.78 is 2.16. The van der Waals surface area contributed by atoms with Gasteiger partial charge in [-0.05, 0) is 23.1 Å². The van der Waals surface area contributed by atoms with Gasteiger partial charge in [-0.15, -0.1) is 11.6 Å². The van der Waals surface area contributed by atoms with Crippen LogP contribution in [0.25, 0.3) is 38.9 Å². The Labute approximate surface area is 175 Å². The molecule has 0 amide bonds. The molecule has 4 heteroatoms. The number of alkyl halides is 1. The Morgan fingerprint density at radius 2 is 1.62 bits per heavy atom. The van der Waals surface area contributed by atoms with Gasteiger partial charge in [0.25, 0.3) is 0 Å². The van der Waals surface area contributed by atoms with Crippen molar-refractivity contribution in [3.8, 4) is 22.5 Å². The maximum atomic E-state index is 5.96. The summed E-state index contributed by atoms with van der Waals surface area (Å²) in [6.45, 7) is 4.00. The average Bonchev–Trinajstić information content (AvgIpc) is 3.21. The minimum atomic E-state index is 0.507. The van der Waals surface area contributed by atoms with Crippen molar-refractivity contribution in [1.82, 2.24) is 14.4 Å². The van der Waals surface area contributed by atoms with Gasteiger partial charge in [-0.2, -0.15) is 0 Å². The molecular weight excluding hydrogens is 378 g/mol. The number of nitrogens with zero attached hydrogens (tertiary/aromatic N) is 3. The van der Waals surface area contributed by atoms with Gasteiger partial charge < -0.3 is 0 Å². The third kappa shape index (κ3) is 3.50. The first-order chi connectivity index (χ1) is 14.3. The maximum Gasteiger partial charge on any atom is 0.147 e. The normalized spacial score (nSPS) is 10.7. The minimum Gasteiger partial charge on any atom is -0.298 e. The van der Waals surface area contributed by atoms with E-state index < -0.39 is 0 Å². The Balaban J connectivity index is 0.000000994. The molecule has 0 spiro atoms. The zero-order valence-corrected chi connectivity index (χ0v) is 17.3. The van der Waals surface area contributed by atoms with Gasteiger partial charge in [-0.3, -0.25) is 9.38 Å². The molecular formula is C25H22ClN3. The lowest BCUT2D eigenvalue weighted by atomic mass is 10.0. The van der Waals surface area contributed by atoms with Crippen LogP contribution >= 0.6 is 11.6 Å². The molecule has 0 bridgehead atoms. The van der Waals surface area contributed by atoms with Crippen LogP contribution in [0.3, 0.4) is 0 Å². The fraction of sp³-hybridized carbons (Fsp3) is 0.120. The van der Waals surface area contributed by atoms with Crippen LogP contribution < -0.4 is 0 Å². The highest BCUT2D eigenvalue weighted by Crippen LogP contribution is 2.34.